The number of hydrogen-bond acceptors (Lipinski definition) is 1. The molecule has 1 aromatic rings. The molecule has 1 rings (SSSR count). The third kappa shape index (κ3) is 3.91. The van der Waals surface area contributed by atoms with Gasteiger partial charge < -0.3 is 4.90 Å². The van der Waals surface area contributed by atoms with Gasteiger partial charge in [0.15, 0.2) is 0 Å². The second-order valence-electron chi connectivity index (χ2n) is 4.04. The summed E-state index contributed by atoms with van der Waals surface area (Å²) in [4.78, 5) is 13.2. The first-order chi connectivity index (χ1) is 8.21. The summed E-state index contributed by atoms with van der Waals surface area (Å²) in [6.07, 6.45) is -4.39. The Morgan fingerprint density at radius 3 is 2.22 bits per heavy atom. The monoisotopic (exact) mass is 279 g/mol. The van der Waals surface area contributed by atoms with Crippen LogP contribution in [0.1, 0.15) is 22.8 Å². The van der Waals surface area contributed by atoms with Crippen LogP contribution in [0.15, 0.2) is 24.3 Å². The largest absolute Gasteiger partial charge is 0.416 e. The van der Waals surface area contributed by atoms with Gasteiger partial charge in [-0.1, -0.05) is 0 Å². The van der Waals surface area contributed by atoms with Gasteiger partial charge in [-0.3, -0.25) is 4.79 Å². The third-order valence-electron chi connectivity index (χ3n) is 2.33. The molecule has 1 atom stereocenters. The molecular weight excluding hydrogens is 267 g/mol. The Morgan fingerprint density at radius 1 is 1.33 bits per heavy atom. The van der Waals surface area contributed by atoms with E-state index in [4.69, 9.17) is 11.6 Å². The lowest BCUT2D eigenvalue weighted by molar-refractivity contribution is -0.137. The molecule has 2 nitrogen and oxygen atoms in total. The summed E-state index contributed by atoms with van der Waals surface area (Å²) >= 11 is 5.75. The number of rotatable bonds is 3. The highest BCUT2D eigenvalue weighted by Crippen LogP contribution is 2.29. The zero-order chi connectivity index (χ0) is 13.9. The normalized spacial score (nSPS) is 13.2. The Morgan fingerprint density at radius 2 is 1.83 bits per heavy atom. The quantitative estimate of drug-likeness (QED) is 0.777. The molecule has 0 spiro atoms. The molecule has 0 saturated carbocycles. The molecule has 0 radical (unpaired) electrons. The first-order valence-electron chi connectivity index (χ1n) is 5.28. The van der Waals surface area contributed by atoms with Gasteiger partial charge in [-0.15, -0.1) is 11.6 Å². The van der Waals surface area contributed by atoms with E-state index >= 15 is 0 Å². The fourth-order valence-electron chi connectivity index (χ4n) is 1.48. The van der Waals surface area contributed by atoms with Crippen molar-refractivity contribution >= 4 is 17.5 Å². The summed E-state index contributed by atoms with van der Waals surface area (Å²) in [5.41, 5.74) is -0.560. The lowest BCUT2D eigenvalue weighted by atomic mass is 10.1. The van der Waals surface area contributed by atoms with E-state index in [-0.39, 0.29) is 16.8 Å². The van der Waals surface area contributed by atoms with Gasteiger partial charge in [0.05, 0.1) is 5.56 Å². The number of halogens is 4. The molecule has 0 aliphatic heterocycles. The number of amides is 1. The minimum atomic E-state index is -4.39. The highest BCUT2D eigenvalue weighted by molar-refractivity contribution is 6.20. The van der Waals surface area contributed by atoms with Crippen molar-refractivity contribution in [3.63, 3.8) is 0 Å². The van der Waals surface area contributed by atoms with Crippen LogP contribution in [0.5, 0.6) is 0 Å². The van der Waals surface area contributed by atoms with E-state index in [9.17, 15) is 18.0 Å². The maximum atomic E-state index is 12.3. The number of nitrogens with zero attached hydrogens (tertiary/aromatic N) is 1. The molecule has 0 N–H and O–H groups in total. The maximum absolute atomic E-state index is 12.3. The molecule has 0 aromatic heterocycles. The number of carbonyl (C=O) groups is 1. The summed E-state index contributed by atoms with van der Waals surface area (Å²) in [6, 6.07) is 4.12. The average Bonchev–Trinajstić information content (AvgIpc) is 2.26. The highest BCUT2D eigenvalue weighted by Gasteiger charge is 2.30. The van der Waals surface area contributed by atoms with E-state index in [1.807, 2.05) is 0 Å². The topological polar surface area (TPSA) is 20.3 Å². The Labute approximate surface area is 108 Å². The molecule has 0 aliphatic rings. The van der Waals surface area contributed by atoms with Gasteiger partial charge in [0.1, 0.15) is 0 Å². The lowest BCUT2D eigenvalue weighted by Gasteiger charge is -2.18. The minimum absolute atomic E-state index is 0.211. The molecule has 1 unspecified atom stereocenters. The summed E-state index contributed by atoms with van der Waals surface area (Å²) in [6.45, 7) is 2.07. The predicted molar refractivity (Wildman–Crippen MR) is 63.7 cm³/mol. The van der Waals surface area contributed by atoms with E-state index < -0.39 is 11.7 Å². The van der Waals surface area contributed by atoms with Crippen LogP contribution in [0.3, 0.4) is 0 Å². The van der Waals surface area contributed by atoms with E-state index in [0.717, 1.165) is 12.1 Å². The smallest absolute Gasteiger partial charge is 0.340 e. The molecule has 1 amide bonds. The van der Waals surface area contributed by atoms with Crippen LogP contribution in [-0.2, 0) is 6.18 Å². The predicted octanol–water partition coefficient (Wildman–Crippen LogP) is 3.40. The second-order valence-corrected chi connectivity index (χ2v) is 4.79. The van der Waals surface area contributed by atoms with Crippen molar-refractivity contribution in [3.8, 4) is 0 Å². The summed E-state index contributed by atoms with van der Waals surface area (Å²) in [7, 11) is 1.55. The van der Waals surface area contributed by atoms with Gasteiger partial charge in [-0.25, -0.2) is 0 Å². The molecule has 0 fully saturated rings. The fraction of sp³-hybridized carbons (Fsp3) is 0.417. The number of alkyl halides is 4. The van der Waals surface area contributed by atoms with Crippen LogP contribution in [-0.4, -0.2) is 29.8 Å². The summed E-state index contributed by atoms with van der Waals surface area (Å²) < 4.78 is 37.0. The molecule has 0 saturated heterocycles. The number of carbonyl (C=O) groups excluding carboxylic acids is 1. The Balaban J connectivity index is 2.82. The van der Waals surface area contributed by atoms with Crippen LogP contribution in [0.25, 0.3) is 0 Å². The molecule has 0 aliphatic carbocycles. The van der Waals surface area contributed by atoms with Crippen molar-refractivity contribution in [2.75, 3.05) is 13.6 Å². The molecular formula is C12H13ClF3NO. The number of benzene rings is 1. The van der Waals surface area contributed by atoms with Crippen molar-refractivity contribution in [3.05, 3.63) is 35.4 Å². The van der Waals surface area contributed by atoms with E-state index in [1.54, 1.807) is 14.0 Å². The molecule has 6 heteroatoms. The SMILES string of the molecule is CC(Cl)CN(C)C(=O)c1ccc(C(F)(F)F)cc1. The first kappa shape index (κ1) is 14.8. The van der Waals surface area contributed by atoms with Crippen molar-refractivity contribution in [1.29, 1.82) is 0 Å². The van der Waals surface area contributed by atoms with Gasteiger partial charge in [0.25, 0.3) is 5.91 Å². The van der Waals surface area contributed by atoms with Crippen LogP contribution >= 0.6 is 11.6 Å². The van der Waals surface area contributed by atoms with Gasteiger partial charge in [-0.05, 0) is 31.2 Å². The Hall–Kier alpha value is -1.23. The van der Waals surface area contributed by atoms with Crippen molar-refractivity contribution in [2.45, 2.75) is 18.5 Å². The van der Waals surface area contributed by atoms with Crippen LogP contribution in [0.2, 0.25) is 0 Å². The molecule has 0 heterocycles. The third-order valence-corrected chi connectivity index (χ3v) is 2.47. The highest BCUT2D eigenvalue weighted by atomic mass is 35.5. The van der Waals surface area contributed by atoms with Crippen molar-refractivity contribution in [1.82, 2.24) is 4.90 Å². The van der Waals surface area contributed by atoms with E-state index in [0.29, 0.717) is 6.54 Å². The van der Waals surface area contributed by atoms with E-state index in [1.165, 1.54) is 17.0 Å². The van der Waals surface area contributed by atoms with Crippen LogP contribution in [0.4, 0.5) is 13.2 Å². The van der Waals surface area contributed by atoms with Gasteiger partial charge in [-0.2, -0.15) is 13.2 Å². The fourth-order valence-corrected chi connectivity index (χ4v) is 1.69. The molecule has 18 heavy (non-hydrogen) atoms. The van der Waals surface area contributed by atoms with Crippen LogP contribution in [0, 0.1) is 0 Å². The van der Waals surface area contributed by atoms with Gasteiger partial charge >= 0.3 is 6.18 Å². The summed E-state index contributed by atoms with van der Waals surface area (Å²) in [5, 5.41) is -0.214. The molecule has 0 bridgehead atoms. The average molecular weight is 280 g/mol. The van der Waals surface area contributed by atoms with E-state index in [2.05, 4.69) is 0 Å². The van der Waals surface area contributed by atoms with Gasteiger partial charge in [0, 0.05) is 24.5 Å². The Kier molecular flexibility index (Phi) is 4.62. The Bertz CT molecular complexity index is 414. The first-order valence-corrected chi connectivity index (χ1v) is 5.72. The standard InChI is InChI=1S/C12H13ClF3NO/c1-8(13)7-17(2)11(18)9-3-5-10(6-4-9)12(14,15)16/h3-6,8H,7H2,1-2H3. The number of hydrogen-bond donors (Lipinski definition) is 0. The zero-order valence-electron chi connectivity index (χ0n) is 9.96. The zero-order valence-corrected chi connectivity index (χ0v) is 10.7. The van der Waals surface area contributed by atoms with Gasteiger partial charge in [0.2, 0.25) is 0 Å². The van der Waals surface area contributed by atoms with Crippen molar-refractivity contribution < 1.29 is 18.0 Å². The molecule has 1 aromatic carbocycles. The van der Waals surface area contributed by atoms with Crippen LogP contribution < -0.4 is 0 Å². The summed E-state index contributed by atoms with van der Waals surface area (Å²) in [5.74, 6) is -0.351. The van der Waals surface area contributed by atoms with Crippen molar-refractivity contribution in [2.24, 2.45) is 0 Å². The maximum Gasteiger partial charge on any atom is 0.416 e. The molecule has 100 valence electrons. The lowest BCUT2D eigenvalue weighted by Crippen LogP contribution is -2.31. The second kappa shape index (κ2) is 5.61. The minimum Gasteiger partial charge on any atom is -0.340 e.